The van der Waals surface area contributed by atoms with E-state index in [4.69, 9.17) is 22.1 Å². The number of imide groups is 1. The van der Waals surface area contributed by atoms with Gasteiger partial charge in [-0.3, -0.25) is 14.5 Å². The summed E-state index contributed by atoms with van der Waals surface area (Å²) < 4.78 is 5.36. The van der Waals surface area contributed by atoms with Gasteiger partial charge in [0.2, 0.25) is 11.8 Å². The number of aromatic carboxylic acids is 1. The molecule has 0 aliphatic carbocycles. The molecular weight excluding hydrogens is 476 g/mol. The molecule has 2 aromatic carbocycles. The number of carbonyl (C=O) groups is 4. The third-order valence-corrected chi connectivity index (χ3v) is 6.07. The van der Waals surface area contributed by atoms with Crippen LogP contribution in [0.3, 0.4) is 0 Å². The fourth-order valence-electron chi connectivity index (χ4n) is 3.97. The van der Waals surface area contributed by atoms with E-state index in [0.29, 0.717) is 28.3 Å². The van der Waals surface area contributed by atoms with Crippen LogP contribution in [0.25, 0.3) is 0 Å². The van der Waals surface area contributed by atoms with Crippen molar-refractivity contribution in [2.45, 2.75) is 25.8 Å². The molecule has 0 aromatic heterocycles. The maximum absolute atomic E-state index is 13.3. The summed E-state index contributed by atoms with van der Waals surface area (Å²) in [7, 11) is 1.50. The predicted octanol–water partition coefficient (Wildman–Crippen LogP) is 2.61. The minimum atomic E-state index is -1.16. The molecule has 2 aromatic rings. The van der Waals surface area contributed by atoms with Gasteiger partial charge in [-0.25, -0.2) is 9.59 Å². The lowest BCUT2D eigenvalue weighted by molar-refractivity contribution is -0.133. The normalized spacial score (nSPS) is 16.8. The summed E-state index contributed by atoms with van der Waals surface area (Å²) in [6.45, 7) is 1.45. The van der Waals surface area contributed by atoms with Crippen molar-refractivity contribution in [1.29, 1.82) is 0 Å². The van der Waals surface area contributed by atoms with Crippen molar-refractivity contribution < 1.29 is 29.0 Å². The summed E-state index contributed by atoms with van der Waals surface area (Å²) in [5, 5.41) is 15.1. The fraction of sp³-hybridized carbons (Fsp3) is 0.333. The lowest BCUT2D eigenvalue weighted by Gasteiger charge is -2.25. The van der Waals surface area contributed by atoms with Crippen LogP contribution in [0, 0.1) is 5.92 Å². The molecule has 0 saturated carbocycles. The van der Waals surface area contributed by atoms with Crippen molar-refractivity contribution in [2.24, 2.45) is 5.92 Å². The quantitative estimate of drug-likeness (QED) is 0.425. The van der Waals surface area contributed by atoms with Gasteiger partial charge in [0.15, 0.2) is 0 Å². The molecule has 1 fully saturated rings. The van der Waals surface area contributed by atoms with Crippen LogP contribution in [-0.4, -0.2) is 54.0 Å². The van der Waals surface area contributed by atoms with Crippen molar-refractivity contribution in [1.82, 2.24) is 15.5 Å². The van der Waals surface area contributed by atoms with Gasteiger partial charge in [0, 0.05) is 17.3 Å². The molecule has 1 unspecified atom stereocenters. The number of hydrogen-bond donors (Lipinski definition) is 4. The Bertz CT molecular complexity index is 1150. The molecule has 35 heavy (non-hydrogen) atoms. The summed E-state index contributed by atoms with van der Waals surface area (Å²) in [6.07, 6.45) is 0.645. The van der Waals surface area contributed by atoms with Crippen LogP contribution in [0.4, 0.5) is 10.5 Å². The smallest absolute Gasteiger partial charge is 0.337 e. The SMILES string of the molecule is CCC(NC(=O)N1CC(=O)NC[C@H](Cc2cc(Cl)ccc2OC)C1=O)c1ccc(C(=O)O)c(N)c1. The number of rotatable bonds is 7. The van der Waals surface area contributed by atoms with E-state index in [1.807, 2.05) is 6.92 Å². The third kappa shape index (κ3) is 6.02. The van der Waals surface area contributed by atoms with Gasteiger partial charge in [-0.15, -0.1) is 0 Å². The van der Waals surface area contributed by atoms with Gasteiger partial charge in [0.1, 0.15) is 12.3 Å². The van der Waals surface area contributed by atoms with Gasteiger partial charge in [-0.1, -0.05) is 24.6 Å². The predicted molar refractivity (Wildman–Crippen MR) is 129 cm³/mol. The van der Waals surface area contributed by atoms with Crippen molar-refractivity contribution in [3.8, 4) is 5.75 Å². The van der Waals surface area contributed by atoms with Crippen LogP contribution in [0.2, 0.25) is 5.02 Å². The molecule has 10 nitrogen and oxygen atoms in total. The minimum absolute atomic E-state index is 0.0476. The Labute approximate surface area is 207 Å². The zero-order valence-electron chi connectivity index (χ0n) is 19.3. The molecule has 0 radical (unpaired) electrons. The van der Waals surface area contributed by atoms with Gasteiger partial charge in [0.25, 0.3) is 0 Å². The number of nitrogens with zero attached hydrogens (tertiary/aromatic N) is 1. The molecule has 11 heteroatoms. The highest BCUT2D eigenvalue weighted by Crippen LogP contribution is 2.27. The maximum atomic E-state index is 13.3. The van der Waals surface area contributed by atoms with E-state index in [2.05, 4.69) is 10.6 Å². The van der Waals surface area contributed by atoms with Crippen molar-refractivity contribution >= 4 is 41.1 Å². The number of amides is 4. The summed E-state index contributed by atoms with van der Waals surface area (Å²) in [5.41, 5.74) is 7.11. The molecule has 1 saturated heterocycles. The van der Waals surface area contributed by atoms with Crippen LogP contribution in [0.1, 0.15) is 40.9 Å². The maximum Gasteiger partial charge on any atom is 0.337 e. The number of anilines is 1. The molecular formula is C24H27ClN4O6. The molecule has 0 bridgehead atoms. The molecule has 3 rings (SSSR count). The number of benzene rings is 2. The summed E-state index contributed by atoms with van der Waals surface area (Å²) in [5.74, 6) is -2.31. The number of carboxylic acid groups (broad SMARTS) is 1. The van der Waals surface area contributed by atoms with E-state index in [0.717, 1.165) is 4.90 Å². The second-order valence-corrected chi connectivity index (χ2v) is 8.58. The van der Waals surface area contributed by atoms with Crippen LogP contribution in [0.5, 0.6) is 5.75 Å². The van der Waals surface area contributed by atoms with Crippen LogP contribution < -0.4 is 21.1 Å². The van der Waals surface area contributed by atoms with Gasteiger partial charge in [-0.05, 0) is 54.3 Å². The largest absolute Gasteiger partial charge is 0.496 e. The molecule has 186 valence electrons. The number of ether oxygens (including phenoxy) is 1. The second-order valence-electron chi connectivity index (χ2n) is 8.15. The molecule has 1 aliphatic rings. The Morgan fingerprint density at radius 3 is 2.66 bits per heavy atom. The molecule has 1 aliphatic heterocycles. The Hall–Kier alpha value is -3.79. The van der Waals surface area contributed by atoms with E-state index in [9.17, 15) is 24.3 Å². The summed E-state index contributed by atoms with van der Waals surface area (Å²) in [6, 6.07) is 8.14. The van der Waals surface area contributed by atoms with Crippen LogP contribution >= 0.6 is 11.6 Å². The third-order valence-electron chi connectivity index (χ3n) is 5.83. The number of nitrogens with one attached hydrogen (secondary N) is 2. The number of urea groups is 1. The second kappa shape index (κ2) is 11.1. The summed E-state index contributed by atoms with van der Waals surface area (Å²) in [4.78, 5) is 50.9. The highest BCUT2D eigenvalue weighted by Gasteiger charge is 2.35. The van der Waals surface area contributed by atoms with E-state index in [1.165, 1.54) is 19.2 Å². The number of methoxy groups -OCH3 is 1. The number of hydrogen-bond acceptors (Lipinski definition) is 6. The van der Waals surface area contributed by atoms with E-state index >= 15 is 0 Å². The van der Waals surface area contributed by atoms with E-state index in [1.54, 1.807) is 24.3 Å². The van der Waals surface area contributed by atoms with Gasteiger partial charge in [-0.2, -0.15) is 0 Å². The monoisotopic (exact) mass is 502 g/mol. The highest BCUT2D eigenvalue weighted by atomic mass is 35.5. The molecule has 5 N–H and O–H groups in total. The number of nitrogens with two attached hydrogens (primary N) is 1. The number of halogens is 1. The number of carboxylic acids is 1. The zero-order chi connectivity index (χ0) is 25.7. The zero-order valence-corrected chi connectivity index (χ0v) is 20.1. The number of nitrogen functional groups attached to an aromatic ring is 1. The average Bonchev–Trinajstić information content (AvgIpc) is 2.96. The fourth-order valence-corrected chi connectivity index (χ4v) is 4.16. The van der Waals surface area contributed by atoms with Gasteiger partial charge < -0.3 is 26.2 Å². The first-order valence-corrected chi connectivity index (χ1v) is 11.4. The van der Waals surface area contributed by atoms with Gasteiger partial charge in [0.05, 0.1) is 24.6 Å². The minimum Gasteiger partial charge on any atom is -0.496 e. The first-order chi connectivity index (χ1) is 16.6. The lowest BCUT2D eigenvalue weighted by Crippen LogP contribution is -2.48. The Morgan fingerprint density at radius 1 is 1.29 bits per heavy atom. The summed E-state index contributed by atoms with van der Waals surface area (Å²) >= 11 is 6.11. The Morgan fingerprint density at radius 2 is 2.03 bits per heavy atom. The Balaban J connectivity index is 1.81. The number of carbonyl (C=O) groups excluding carboxylic acids is 3. The molecule has 4 amide bonds. The molecule has 1 heterocycles. The van der Waals surface area contributed by atoms with Gasteiger partial charge >= 0.3 is 12.0 Å². The topological polar surface area (TPSA) is 151 Å². The van der Waals surface area contributed by atoms with Crippen LogP contribution in [-0.2, 0) is 16.0 Å². The van der Waals surface area contributed by atoms with Crippen LogP contribution in [0.15, 0.2) is 36.4 Å². The molecule has 2 atom stereocenters. The van der Waals surface area contributed by atoms with Crippen molar-refractivity contribution in [3.63, 3.8) is 0 Å². The first kappa shape index (κ1) is 25.8. The van der Waals surface area contributed by atoms with E-state index in [-0.39, 0.29) is 24.2 Å². The molecule has 0 spiro atoms. The van der Waals surface area contributed by atoms with Crippen molar-refractivity contribution in [3.05, 3.63) is 58.1 Å². The van der Waals surface area contributed by atoms with Crippen molar-refractivity contribution in [2.75, 3.05) is 25.9 Å². The Kier molecular flexibility index (Phi) is 8.18. The van der Waals surface area contributed by atoms with E-state index < -0.39 is 42.3 Å². The highest BCUT2D eigenvalue weighted by molar-refractivity contribution is 6.30. The standard InChI is InChI=1S/C24H27ClN4O6/c1-3-19(13-4-6-17(23(32)33)18(26)10-13)28-24(34)29-12-21(30)27-11-15(22(29)31)8-14-9-16(25)5-7-20(14)35-2/h4-7,9-10,15,19H,3,8,11-12,26H2,1-2H3,(H,27,30)(H,28,34)(H,32,33)/t15-,19?/m0/s1. The average molecular weight is 503 g/mol. The first-order valence-electron chi connectivity index (χ1n) is 11.0. The lowest BCUT2D eigenvalue weighted by atomic mass is 9.97.